The van der Waals surface area contributed by atoms with Crippen LogP contribution in [0.2, 0.25) is 5.02 Å². The summed E-state index contributed by atoms with van der Waals surface area (Å²) in [7, 11) is 3.30. The van der Waals surface area contributed by atoms with Crippen LogP contribution in [0.1, 0.15) is 15.9 Å². The number of anilines is 1. The summed E-state index contributed by atoms with van der Waals surface area (Å²) in [5, 5.41) is 0.687. The molecule has 0 aromatic heterocycles. The Labute approximate surface area is 137 Å². The lowest BCUT2D eigenvalue weighted by molar-refractivity contribution is 0.0601. The minimum Gasteiger partial charge on any atom is -0.465 e. The number of halogens is 2. The van der Waals surface area contributed by atoms with Crippen molar-refractivity contribution in [3.05, 3.63) is 63.1 Å². The third-order valence-corrected chi connectivity index (χ3v) is 3.99. The average Bonchev–Trinajstić information content (AvgIpc) is 2.49. The van der Waals surface area contributed by atoms with E-state index < -0.39 is 0 Å². The van der Waals surface area contributed by atoms with Crippen molar-refractivity contribution in [2.24, 2.45) is 0 Å². The van der Waals surface area contributed by atoms with Crippen LogP contribution in [0.25, 0.3) is 0 Å². The zero-order valence-electron chi connectivity index (χ0n) is 11.8. The molecule has 0 aliphatic heterocycles. The number of esters is 1. The van der Waals surface area contributed by atoms with E-state index in [1.165, 1.54) is 7.11 Å². The highest BCUT2D eigenvalue weighted by Crippen LogP contribution is 2.26. The van der Waals surface area contributed by atoms with Gasteiger partial charge in [0, 0.05) is 23.1 Å². The summed E-state index contributed by atoms with van der Waals surface area (Å²) in [4.78, 5) is 13.8. The number of hydrogen-bond donors (Lipinski definition) is 0. The number of para-hydroxylation sites is 1. The van der Waals surface area contributed by atoms with Gasteiger partial charge in [-0.2, -0.15) is 0 Å². The lowest BCUT2D eigenvalue weighted by Crippen LogP contribution is -2.20. The van der Waals surface area contributed by atoms with Crippen molar-refractivity contribution >= 4 is 39.2 Å². The summed E-state index contributed by atoms with van der Waals surface area (Å²) >= 11 is 9.63. The lowest BCUT2D eigenvalue weighted by Gasteiger charge is -2.22. The standard InChI is InChI=1S/C16H15BrClNO2/c1-19(10-11-7-8-12(17)9-14(11)18)15-6-4-3-5-13(15)16(20)21-2/h3-9H,10H2,1-2H3. The van der Waals surface area contributed by atoms with Gasteiger partial charge in [0.15, 0.2) is 0 Å². The number of ether oxygens (including phenoxy) is 1. The number of carbonyl (C=O) groups excluding carboxylic acids is 1. The van der Waals surface area contributed by atoms with Crippen molar-refractivity contribution in [3.63, 3.8) is 0 Å². The van der Waals surface area contributed by atoms with E-state index in [0.717, 1.165) is 15.7 Å². The molecule has 3 nitrogen and oxygen atoms in total. The van der Waals surface area contributed by atoms with Crippen molar-refractivity contribution in [2.75, 3.05) is 19.1 Å². The summed E-state index contributed by atoms with van der Waals surface area (Å²) in [5.41, 5.74) is 2.33. The molecule has 0 saturated carbocycles. The van der Waals surface area contributed by atoms with Crippen LogP contribution in [0.3, 0.4) is 0 Å². The Morgan fingerprint density at radius 2 is 2.00 bits per heavy atom. The average molecular weight is 369 g/mol. The molecule has 0 heterocycles. The van der Waals surface area contributed by atoms with Gasteiger partial charge < -0.3 is 9.64 Å². The highest BCUT2D eigenvalue weighted by Gasteiger charge is 2.15. The maximum absolute atomic E-state index is 11.8. The molecule has 0 amide bonds. The second kappa shape index (κ2) is 6.96. The Kier molecular flexibility index (Phi) is 5.26. The Morgan fingerprint density at radius 1 is 1.29 bits per heavy atom. The second-order valence-corrected chi connectivity index (χ2v) is 5.92. The third-order valence-electron chi connectivity index (χ3n) is 3.14. The molecule has 0 aliphatic carbocycles. The molecule has 0 fully saturated rings. The fourth-order valence-electron chi connectivity index (χ4n) is 2.08. The SMILES string of the molecule is COC(=O)c1ccccc1N(C)Cc1ccc(Br)cc1Cl. The van der Waals surface area contributed by atoms with E-state index in [-0.39, 0.29) is 5.97 Å². The maximum Gasteiger partial charge on any atom is 0.339 e. The molecule has 0 saturated heterocycles. The molecule has 0 N–H and O–H groups in total. The number of carbonyl (C=O) groups is 1. The first-order chi connectivity index (χ1) is 10.0. The zero-order valence-corrected chi connectivity index (χ0v) is 14.1. The van der Waals surface area contributed by atoms with Gasteiger partial charge in [-0.25, -0.2) is 4.79 Å². The molecule has 2 aromatic carbocycles. The van der Waals surface area contributed by atoms with Crippen LogP contribution in [0.4, 0.5) is 5.69 Å². The first-order valence-corrected chi connectivity index (χ1v) is 7.52. The van der Waals surface area contributed by atoms with E-state index >= 15 is 0 Å². The molecule has 0 unspecified atom stereocenters. The van der Waals surface area contributed by atoms with Gasteiger partial charge >= 0.3 is 5.97 Å². The summed E-state index contributed by atoms with van der Waals surface area (Å²) in [6.07, 6.45) is 0. The highest BCUT2D eigenvalue weighted by molar-refractivity contribution is 9.10. The normalized spacial score (nSPS) is 10.3. The zero-order chi connectivity index (χ0) is 15.4. The van der Waals surface area contributed by atoms with Crippen LogP contribution in [-0.2, 0) is 11.3 Å². The summed E-state index contributed by atoms with van der Waals surface area (Å²) in [5.74, 6) is -0.348. The van der Waals surface area contributed by atoms with Crippen molar-refractivity contribution in [2.45, 2.75) is 6.54 Å². The topological polar surface area (TPSA) is 29.5 Å². The van der Waals surface area contributed by atoms with Gasteiger partial charge in [0.25, 0.3) is 0 Å². The third kappa shape index (κ3) is 3.77. The minimum absolute atomic E-state index is 0.348. The van der Waals surface area contributed by atoms with Crippen molar-refractivity contribution in [1.82, 2.24) is 0 Å². The highest BCUT2D eigenvalue weighted by atomic mass is 79.9. The van der Waals surface area contributed by atoms with Crippen LogP contribution in [0.15, 0.2) is 46.9 Å². The minimum atomic E-state index is -0.348. The lowest BCUT2D eigenvalue weighted by atomic mass is 10.1. The Bertz CT molecular complexity index is 660. The number of hydrogen-bond acceptors (Lipinski definition) is 3. The van der Waals surface area contributed by atoms with Crippen molar-refractivity contribution in [3.8, 4) is 0 Å². The molecule has 0 spiro atoms. The van der Waals surface area contributed by atoms with Crippen LogP contribution >= 0.6 is 27.5 Å². The van der Waals surface area contributed by atoms with E-state index in [1.54, 1.807) is 6.07 Å². The first-order valence-electron chi connectivity index (χ1n) is 6.35. The van der Waals surface area contributed by atoms with E-state index in [4.69, 9.17) is 16.3 Å². The number of nitrogens with zero attached hydrogens (tertiary/aromatic N) is 1. The van der Waals surface area contributed by atoms with Crippen LogP contribution in [0, 0.1) is 0 Å². The predicted molar refractivity (Wildman–Crippen MR) is 89.0 cm³/mol. The van der Waals surface area contributed by atoms with Crippen LogP contribution < -0.4 is 4.90 Å². The second-order valence-electron chi connectivity index (χ2n) is 4.60. The van der Waals surface area contributed by atoms with Gasteiger partial charge in [-0.3, -0.25) is 0 Å². The summed E-state index contributed by atoms with van der Waals surface area (Å²) in [6.45, 7) is 0.597. The summed E-state index contributed by atoms with van der Waals surface area (Å²) in [6, 6.07) is 13.1. The van der Waals surface area contributed by atoms with E-state index in [9.17, 15) is 4.79 Å². The number of rotatable bonds is 4. The predicted octanol–water partition coefficient (Wildman–Crippen LogP) is 4.53. The molecule has 21 heavy (non-hydrogen) atoms. The molecular weight excluding hydrogens is 354 g/mol. The smallest absolute Gasteiger partial charge is 0.339 e. The van der Waals surface area contributed by atoms with E-state index in [2.05, 4.69) is 15.9 Å². The van der Waals surface area contributed by atoms with Gasteiger partial charge in [-0.1, -0.05) is 45.7 Å². The molecule has 0 bridgehead atoms. The van der Waals surface area contributed by atoms with Gasteiger partial charge in [0.2, 0.25) is 0 Å². The van der Waals surface area contributed by atoms with Gasteiger partial charge in [-0.15, -0.1) is 0 Å². The molecule has 110 valence electrons. The molecular formula is C16H15BrClNO2. The summed E-state index contributed by atoms with van der Waals surface area (Å²) < 4.78 is 5.76. The first kappa shape index (κ1) is 15.9. The van der Waals surface area contributed by atoms with E-state index in [1.807, 2.05) is 48.3 Å². The van der Waals surface area contributed by atoms with Gasteiger partial charge in [0.1, 0.15) is 0 Å². The number of methoxy groups -OCH3 is 1. The molecule has 0 atom stereocenters. The van der Waals surface area contributed by atoms with Crippen LogP contribution in [0.5, 0.6) is 0 Å². The largest absolute Gasteiger partial charge is 0.465 e. The molecule has 0 radical (unpaired) electrons. The fourth-order valence-corrected chi connectivity index (χ4v) is 2.81. The van der Waals surface area contributed by atoms with Gasteiger partial charge in [0.05, 0.1) is 18.4 Å². The quantitative estimate of drug-likeness (QED) is 0.743. The Hall–Kier alpha value is -1.52. The number of benzene rings is 2. The molecule has 2 rings (SSSR count). The monoisotopic (exact) mass is 367 g/mol. The Balaban J connectivity index is 2.28. The van der Waals surface area contributed by atoms with Crippen LogP contribution in [-0.4, -0.2) is 20.1 Å². The fraction of sp³-hybridized carbons (Fsp3) is 0.188. The van der Waals surface area contributed by atoms with Gasteiger partial charge in [-0.05, 0) is 29.8 Å². The van der Waals surface area contributed by atoms with Crippen molar-refractivity contribution < 1.29 is 9.53 Å². The van der Waals surface area contributed by atoms with Crippen molar-refractivity contribution in [1.29, 1.82) is 0 Å². The maximum atomic E-state index is 11.8. The molecule has 2 aromatic rings. The molecule has 5 heteroatoms. The molecule has 0 aliphatic rings. The van der Waals surface area contributed by atoms with E-state index in [0.29, 0.717) is 17.1 Å². The Morgan fingerprint density at radius 3 is 2.67 bits per heavy atom.